The van der Waals surface area contributed by atoms with E-state index in [4.69, 9.17) is 4.74 Å². The third-order valence-corrected chi connectivity index (χ3v) is 2.53. The number of rotatable bonds is 7. The predicted molar refractivity (Wildman–Crippen MR) is 67.9 cm³/mol. The van der Waals surface area contributed by atoms with Crippen molar-refractivity contribution in [3.8, 4) is 0 Å². The number of hydrogen-bond donors (Lipinski definition) is 2. The largest absolute Gasteiger partial charge is 0.450 e. The molecule has 1 unspecified atom stereocenters. The molecule has 1 heterocycles. The van der Waals surface area contributed by atoms with Crippen LogP contribution >= 0.6 is 0 Å². The van der Waals surface area contributed by atoms with Crippen LogP contribution in [-0.2, 0) is 4.74 Å². The third-order valence-electron chi connectivity index (χ3n) is 2.53. The second kappa shape index (κ2) is 7.34. The van der Waals surface area contributed by atoms with E-state index >= 15 is 0 Å². The summed E-state index contributed by atoms with van der Waals surface area (Å²) in [6.07, 6.45) is 2.46. The molecule has 1 rings (SSSR count). The van der Waals surface area contributed by atoms with E-state index in [0.29, 0.717) is 19.0 Å². The highest BCUT2D eigenvalue weighted by atomic mass is 16.6. The molecule has 0 spiro atoms. The maximum atomic E-state index is 11.3. The van der Waals surface area contributed by atoms with Gasteiger partial charge in [0.05, 0.1) is 12.5 Å². The molecule has 0 saturated carbocycles. The lowest BCUT2D eigenvalue weighted by atomic mass is 10.2. The average molecular weight is 270 g/mol. The standard InChI is InChI=1S/C11H18N4O4/c1-3-4-5-19-11(16)13-6-8(2)10-12-7-9(14-10)15(17)18/h7-8H,3-6H2,1-2H3,(H,12,14)(H,13,16). The van der Waals surface area contributed by atoms with Crippen molar-refractivity contribution in [2.45, 2.75) is 32.6 Å². The van der Waals surface area contributed by atoms with Crippen LogP contribution in [0.3, 0.4) is 0 Å². The molecular formula is C11H18N4O4. The number of aromatic amines is 1. The number of H-pyrrole nitrogens is 1. The molecular weight excluding hydrogens is 252 g/mol. The molecule has 106 valence electrons. The van der Waals surface area contributed by atoms with Crippen LogP contribution in [0.5, 0.6) is 0 Å². The minimum atomic E-state index is -0.546. The Morgan fingerprint density at radius 2 is 2.42 bits per heavy atom. The van der Waals surface area contributed by atoms with E-state index in [-0.39, 0.29) is 11.7 Å². The fourth-order valence-corrected chi connectivity index (χ4v) is 1.36. The van der Waals surface area contributed by atoms with Gasteiger partial charge in [0.15, 0.2) is 5.82 Å². The van der Waals surface area contributed by atoms with E-state index in [1.54, 1.807) is 6.92 Å². The predicted octanol–water partition coefficient (Wildman–Crippen LogP) is 1.95. The zero-order valence-electron chi connectivity index (χ0n) is 11.0. The number of amides is 1. The highest BCUT2D eigenvalue weighted by Crippen LogP contribution is 2.14. The summed E-state index contributed by atoms with van der Waals surface area (Å²) in [7, 11) is 0. The van der Waals surface area contributed by atoms with E-state index in [9.17, 15) is 14.9 Å². The second-order valence-electron chi connectivity index (χ2n) is 4.18. The zero-order chi connectivity index (χ0) is 14.3. The van der Waals surface area contributed by atoms with Gasteiger partial charge in [-0.2, -0.15) is 0 Å². The minimum absolute atomic E-state index is 0.160. The number of carbonyl (C=O) groups is 1. The number of unbranched alkanes of at least 4 members (excludes halogenated alkanes) is 1. The molecule has 1 amide bonds. The van der Waals surface area contributed by atoms with Gasteiger partial charge in [-0.15, -0.1) is 0 Å². The van der Waals surface area contributed by atoms with Crippen molar-refractivity contribution in [1.29, 1.82) is 0 Å². The van der Waals surface area contributed by atoms with Crippen LogP contribution in [0.25, 0.3) is 0 Å². The highest BCUT2D eigenvalue weighted by Gasteiger charge is 2.17. The van der Waals surface area contributed by atoms with Gasteiger partial charge >= 0.3 is 11.9 Å². The number of nitrogens with zero attached hydrogens (tertiary/aromatic N) is 2. The number of imidazole rings is 1. The Morgan fingerprint density at radius 1 is 1.68 bits per heavy atom. The Labute approximate surface area is 110 Å². The first-order valence-electron chi connectivity index (χ1n) is 6.14. The van der Waals surface area contributed by atoms with Gasteiger partial charge in [0, 0.05) is 6.54 Å². The normalized spacial score (nSPS) is 11.9. The Kier molecular flexibility index (Phi) is 5.77. The fraction of sp³-hybridized carbons (Fsp3) is 0.636. The topological polar surface area (TPSA) is 110 Å². The highest BCUT2D eigenvalue weighted by molar-refractivity contribution is 5.67. The summed E-state index contributed by atoms with van der Waals surface area (Å²) < 4.78 is 4.92. The molecule has 1 aromatic heterocycles. The van der Waals surface area contributed by atoms with E-state index in [1.165, 1.54) is 0 Å². The van der Waals surface area contributed by atoms with Crippen LogP contribution in [0.4, 0.5) is 10.6 Å². The molecule has 8 heteroatoms. The quantitative estimate of drug-likeness (QED) is 0.447. The van der Waals surface area contributed by atoms with Crippen molar-refractivity contribution in [1.82, 2.24) is 15.3 Å². The van der Waals surface area contributed by atoms with Crippen LogP contribution in [0.2, 0.25) is 0 Å². The molecule has 19 heavy (non-hydrogen) atoms. The van der Waals surface area contributed by atoms with Crippen molar-refractivity contribution in [2.24, 2.45) is 0 Å². The maximum Gasteiger partial charge on any atom is 0.407 e. The smallest absolute Gasteiger partial charge is 0.407 e. The van der Waals surface area contributed by atoms with Gasteiger partial charge in [-0.1, -0.05) is 20.3 Å². The summed E-state index contributed by atoms with van der Waals surface area (Å²) in [4.78, 5) is 27.7. The van der Waals surface area contributed by atoms with Gasteiger partial charge in [0.25, 0.3) is 0 Å². The summed E-state index contributed by atoms with van der Waals surface area (Å²) in [5.74, 6) is 0.139. The Bertz CT molecular complexity index is 432. The number of hydrogen-bond acceptors (Lipinski definition) is 5. The van der Waals surface area contributed by atoms with Crippen molar-refractivity contribution in [2.75, 3.05) is 13.2 Å². The first-order chi connectivity index (χ1) is 9.04. The summed E-state index contributed by atoms with van der Waals surface area (Å²) in [6, 6.07) is 0. The van der Waals surface area contributed by atoms with Crippen LogP contribution < -0.4 is 5.32 Å². The van der Waals surface area contributed by atoms with E-state index in [2.05, 4.69) is 15.3 Å². The van der Waals surface area contributed by atoms with Crippen molar-refractivity contribution in [3.63, 3.8) is 0 Å². The van der Waals surface area contributed by atoms with E-state index in [0.717, 1.165) is 19.0 Å². The Morgan fingerprint density at radius 3 is 3.00 bits per heavy atom. The average Bonchev–Trinajstić information content (AvgIpc) is 2.86. The Hall–Kier alpha value is -2.12. The van der Waals surface area contributed by atoms with Gasteiger partial charge in [0.1, 0.15) is 6.20 Å². The first-order valence-corrected chi connectivity index (χ1v) is 6.14. The molecule has 0 aliphatic heterocycles. The molecule has 0 radical (unpaired) electrons. The van der Waals surface area contributed by atoms with Gasteiger partial charge in [0.2, 0.25) is 0 Å². The lowest BCUT2D eigenvalue weighted by Gasteiger charge is -2.09. The third kappa shape index (κ3) is 4.94. The van der Waals surface area contributed by atoms with Crippen LogP contribution in [0.15, 0.2) is 6.20 Å². The van der Waals surface area contributed by atoms with Crippen molar-refractivity contribution >= 4 is 11.9 Å². The molecule has 0 aliphatic carbocycles. The van der Waals surface area contributed by atoms with E-state index in [1.807, 2.05) is 6.92 Å². The van der Waals surface area contributed by atoms with Gasteiger partial charge < -0.3 is 20.2 Å². The Balaban J connectivity index is 2.35. The van der Waals surface area contributed by atoms with Gasteiger partial charge in [-0.3, -0.25) is 0 Å². The second-order valence-corrected chi connectivity index (χ2v) is 4.18. The number of aromatic nitrogens is 2. The molecule has 1 aromatic rings. The molecule has 0 fully saturated rings. The maximum absolute atomic E-state index is 11.3. The molecule has 0 bridgehead atoms. The van der Waals surface area contributed by atoms with Crippen LogP contribution in [0, 0.1) is 10.1 Å². The molecule has 8 nitrogen and oxygen atoms in total. The van der Waals surface area contributed by atoms with Crippen molar-refractivity contribution < 1.29 is 14.5 Å². The lowest BCUT2D eigenvalue weighted by molar-refractivity contribution is -0.389. The summed E-state index contributed by atoms with van der Waals surface area (Å²) in [6.45, 7) is 4.50. The number of nitro groups is 1. The summed E-state index contributed by atoms with van der Waals surface area (Å²) in [5.41, 5.74) is 0. The number of ether oxygens (including phenoxy) is 1. The van der Waals surface area contributed by atoms with Crippen LogP contribution in [0.1, 0.15) is 38.4 Å². The van der Waals surface area contributed by atoms with E-state index < -0.39 is 11.0 Å². The van der Waals surface area contributed by atoms with Gasteiger partial charge in [-0.25, -0.2) is 14.8 Å². The van der Waals surface area contributed by atoms with Crippen molar-refractivity contribution in [3.05, 3.63) is 22.1 Å². The molecule has 2 N–H and O–H groups in total. The zero-order valence-corrected chi connectivity index (χ0v) is 11.0. The van der Waals surface area contributed by atoms with Gasteiger partial charge in [-0.05, 0) is 11.3 Å². The molecule has 0 aliphatic rings. The molecule has 0 aromatic carbocycles. The molecule has 0 saturated heterocycles. The summed E-state index contributed by atoms with van der Waals surface area (Å²) in [5, 5.41) is 13.1. The number of carbonyl (C=O) groups excluding carboxylic acids is 1. The number of nitrogens with one attached hydrogen (secondary N) is 2. The summed E-state index contributed by atoms with van der Waals surface area (Å²) >= 11 is 0. The fourth-order valence-electron chi connectivity index (χ4n) is 1.36. The minimum Gasteiger partial charge on any atom is -0.450 e. The van der Waals surface area contributed by atoms with Crippen LogP contribution in [-0.4, -0.2) is 34.1 Å². The molecule has 1 atom stereocenters. The first kappa shape index (κ1) is 14.9. The SMILES string of the molecule is CCCCOC(=O)NCC(C)c1ncc([N+](=O)[O-])[nH]1. The number of alkyl carbamates (subject to hydrolysis) is 1. The lowest BCUT2D eigenvalue weighted by Crippen LogP contribution is -2.28. The monoisotopic (exact) mass is 270 g/mol.